The predicted octanol–water partition coefficient (Wildman–Crippen LogP) is 2.43. The van der Waals surface area contributed by atoms with Crippen molar-refractivity contribution >= 4 is 16.8 Å². The molecule has 4 heteroatoms. The maximum atomic E-state index is 12.2. The van der Waals surface area contributed by atoms with Crippen molar-refractivity contribution in [2.24, 2.45) is 0 Å². The minimum Gasteiger partial charge on any atom is -0.385 e. The number of hydrogen-bond donors (Lipinski definition) is 1. The fourth-order valence-electron chi connectivity index (χ4n) is 2.20. The molecule has 102 valence electrons. The van der Waals surface area contributed by atoms with Crippen LogP contribution in [0.5, 0.6) is 0 Å². The van der Waals surface area contributed by atoms with Gasteiger partial charge in [0.1, 0.15) is 0 Å². The first-order chi connectivity index (χ1) is 9.27. The molecular weight excluding hydrogens is 240 g/mol. The number of ether oxygens (including phenoxy) is 1. The number of amides is 1. The standard InChI is InChI=1S/C15H20N2O2/c1-3-17-11-13(12-7-4-5-8-14(12)17)15(18)16-9-6-10-19-2/h4-5,7-8,11H,3,6,9-10H2,1-2H3,(H,16,18). The Balaban J connectivity index is 2.17. The van der Waals surface area contributed by atoms with Crippen LogP contribution >= 0.6 is 0 Å². The number of fused-ring (bicyclic) bond motifs is 1. The van der Waals surface area contributed by atoms with Crippen molar-refractivity contribution in [1.82, 2.24) is 9.88 Å². The summed E-state index contributed by atoms with van der Waals surface area (Å²) in [5.74, 6) is -0.0143. The Bertz CT molecular complexity index is 560. The maximum absolute atomic E-state index is 12.2. The number of benzene rings is 1. The lowest BCUT2D eigenvalue weighted by Crippen LogP contribution is -2.25. The molecule has 0 saturated carbocycles. The topological polar surface area (TPSA) is 43.3 Å². The van der Waals surface area contributed by atoms with Gasteiger partial charge in [-0.15, -0.1) is 0 Å². The molecule has 0 aliphatic heterocycles. The van der Waals surface area contributed by atoms with Crippen LogP contribution in [0.4, 0.5) is 0 Å². The molecule has 1 amide bonds. The number of nitrogens with one attached hydrogen (secondary N) is 1. The van der Waals surface area contributed by atoms with E-state index in [9.17, 15) is 4.79 Å². The van der Waals surface area contributed by atoms with Crippen molar-refractivity contribution in [1.29, 1.82) is 0 Å². The van der Waals surface area contributed by atoms with E-state index in [0.29, 0.717) is 13.2 Å². The first-order valence-corrected chi connectivity index (χ1v) is 6.63. The van der Waals surface area contributed by atoms with Crippen LogP contribution in [0.3, 0.4) is 0 Å². The fraction of sp³-hybridized carbons (Fsp3) is 0.400. The second kappa shape index (κ2) is 6.38. The monoisotopic (exact) mass is 260 g/mol. The highest BCUT2D eigenvalue weighted by atomic mass is 16.5. The van der Waals surface area contributed by atoms with E-state index in [0.717, 1.165) is 29.4 Å². The molecule has 1 aromatic heterocycles. The molecule has 2 rings (SSSR count). The SMILES string of the molecule is CCn1cc(C(=O)NCCCOC)c2ccccc21. The predicted molar refractivity (Wildman–Crippen MR) is 76.4 cm³/mol. The summed E-state index contributed by atoms with van der Waals surface area (Å²) >= 11 is 0. The van der Waals surface area contributed by atoms with Crippen LogP contribution in [0.15, 0.2) is 30.5 Å². The number of carbonyl (C=O) groups is 1. The van der Waals surface area contributed by atoms with Gasteiger partial charge in [0.05, 0.1) is 5.56 Å². The van der Waals surface area contributed by atoms with Gasteiger partial charge in [-0.25, -0.2) is 0 Å². The molecule has 0 spiro atoms. The Labute approximate surface area is 113 Å². The van der Waals surface area contributed by atoms with E-state index in [1.807, 2.05) is 30.5 Å². The molecule has 0 bridgehead atoms. The molecule has 4 nitrogen and oxygen atoms in total. The quantitative estimate of drug-likeness (QED) is 0.811. The van der Waals surface area contributed by atoms with Crippen molar-refractivity contribution in [2.45, 2.75) is 19.9 Å². The Kier molecular flexibility index (Phi) is 4.58. The first-order valence-electron chi connectivity index (χ1n) is 6.63. The number of para-hydroxylation sites is 1. The molecule has 0 aliphatic carbocycles. The average molecular weight is 260 g/mol. The summed E-state index contributed by atoms with van der Waals surface area (Å²) in [6.07, 6.45) is 2.75. The largest absolute Gasteiger partial charge is 0.385 e. The lowest BCUT2D eigenvalue weighted by molar-refractivity contribution is 0.0950. The number of hydrogen-bond acceptors (Lipinski definition) is 2. The number of aryl methyl sites for hydroxylation is 1. The third-order valence-electron chi connectivity index (χ3n) is 3.18. The van der Waals surface area contributed by atoms with E-state index in [1.54, 1.807) is 7.11 Å². The smallest absolute Gasteiger partial charge is 0.253 e. The van der Waals surface area contributed by atoms with Crippen LogP contribution in [-0.4, -0.2) is 30.7 Å². The second-order valence-electron chi connectivity index (χ2n) is 4.45. The Morgan fingerprint density at radius 3 is 2.89 bits per heavy atom. The number of aromatic nitrogens is 1. The van der Waals surface area contributed by atoms with Crippen LogP contribution in [0.1, 0.15) is 23.7 Å². The van der Waals surface area contributed by atoms with Gasteiger partial charge in [-0.2, -0.15) is 0 Å². The molecule has 0 fully saturated rings. The van der Waals surface area contributed by atoms with Crippen molar-refractivity contribution < 1.29 is 9.53 Å². The van der Waals surface area contributed by atoms with Gasteiger partial charge >= 0.3 is 0 Å². The summed E-state index contributed by atoms with van der Waals surface area (Å²) in [7, 11) is 1.66. The molecule has 0 atom stereocenters. The number of rotatable bonds is 6. The molecule has 1 heterocycles. The van der Waals surface area contributed by atoms with E-state index in [1.165, 1.54) is 0 Å². The van der Waals surface area contributed by atoms with E-state index < -0.39 is 0 Å². The summed E-state index contributed by atoms with van der Waals surface area (Å²) in [5.41, 5.74) is 1.85. The van der Waals surface area contributed by atoms with Gasteiger partial charge in [-0.3, -0.25) is 4.79 Å². The summed E-state index contributed by atoms with van der Waals surface area (Å²) in [6.45, 7) is 4.24. The van der Waals surface area contributed by atoms with Gasteiger partial charge in [-0.05, 0) is 19.4 Å². The fourth-order valence-corrected chi connectivity index (χ4v) is 2.20. The van der Waals surface area contributed by atoms with Gasteiger partial charge in [-0.1, -0.05) is 18.2 Å². The van der Waals surface area contributed by atoms with Gasteiger partial charge in [0, 0.05) is 43.9 Å². The van der Waals surface area contributed by atoms with Gasteiger partial charge in [0.2, 0.25) is 0 Å². The molecule has 1 N–H and O–H groups in total. The number of methoxy groups -OCH3 is 1. The Morgan fingerprint density at radius 1 is 1.37 bits per heavy atom. The molecule has 0 radical (unpaired) electrons. The zero-order valence-electron chi connectivity index (χ0n) is 11.5. The molecule has 19 heavy (non-hydrogen) atoms. The van der Waals surface area contributed by atoms with Crippen molar-refractivity contribution in [3.05, 3.63) is 36.0 Å². The molecule has 2 aromatic rings. The Hall–Kier alpha value is -1.81. The number of nitrogens with zero attached hydrogens (tertiary/aromatic N) is 1. The van der Waals surface area contributed by atoms with E-state index >= 15 is 0 Å². The van der Waals surface area contributed by atoms with Crippen molar-refractivity contribution in [3.63, 3.8) is 0 Å². The van der Waals surface area contributed by atoms with Crippen LogP contribution in [0.25, 0.3) is 10.9 Å². The van der Waals surface area contributed by atoms with E-state index in [-0.39, 0.29) is 5.91 Å². The minimum absolute atomic E-state index is 0.0143. The normalized spacial score (nSPS) is 10.8. The Morgan fingerprint density at radius 2 is 2.16 bits per heavy atom. The molecule has 0 aliphatic rings. The van der Waals surface area contributed by atoms with Crippen molar-refractivity contribution in [3.8, 4) is 0 Å². The van der Waals surface area contributed by atoms with Crippen molar-refractivity contribution in [2.75, 3.05) is 20.3 Å². The highest BCUT2D eigenvalue weighted by Crippen LogP contribution is 2.21. The summed E-state index contributed by atoms with van der Waals surface area (Å²) < 4.78 is 7.06. The van der Waals surface area contributed by atoms with Crippen LogP contribution < -0.4 is 5.32 Å². The van der Waals surface area contributed by atoms with Crippen LogP contribution in [-0.2, 0) is 11.3 Å². The summed E-state index contributed by atoms with van der Waals surface area (Å²) in [6, 6.07) is 7.99. The average Bonchev–Trinajstić information content (AvgIpc) is 2.82. The highest BCUT2D eigenvalue weighted by molar-refractivity contribution is 6.06. The molecule has 0 unspecified atom stereocenters. The van der Waals surface area contributed by atoms with Crippen LogP contribution in [0.2, 0.25) is 0 Å². The zero-order valence-corrected chi connectivity index (χ0v) is 11.5. The lowest BCUT2D eigenvalue weighted by atomic mass is 10.1. The lowest BCUT2D eigenvalue weighted by Gasteiger charge is -2.03. The summed E-state index contributed by atoms with van der Waals surface area (Å²) in [4.78, 5) is 12.2. The number of carbonyl (C=O) groups excluding carboxylic acids is 1. The van der Waals surface area contributed by atoms with Gasteiger partial charge < -0.3 is 14.6 Å². The van der Waals surface area contributed by atoms with E-state index in [2.05, 4.69) is 16.8 Å². The molecule has 0 saturated heterocycles. The van der Waals surface area contributed by atoms with Gasteiger partial charge in [0.25, 0.3) is 5.91 Å². The van der Waals surface area contributed by atoms with E-state index in [4.69, 9.17) is 4.74 Å². The summed E-state index contributed by atoms with van der Waals surface area (Å²) in [5, 5.41) is 3.94. The third kappa shape index (κ3) is 2.96. The molecular formula is C15H20N2O2. The minimum atomic E-state index is -0.0143. The zero-order chi connectivity index (χ0) is 13.7. The third-order valence-corrected chi connectivity index (χ3v) is 3.18. The van der Waals surface area contributed by atoms with Gasteiger partial charge in [0.15, 0.2) is 0 Å². The maximum Gasteiger partial charge on any atom is 0.253 e. The highest BCUT2D eigenvalue weighted by Gasteiger charge is 2.13. The van der Waals surface area contributed by atoms with Crippen LogP contribution in [0, 0.1) is 0 Å². The second-order valence-corrected chi connectivity index (χ2v) is 4.45. The molecule has 1 aromatic carbocycles. The first kappa shape index (κ1) is 13.6.